The summed E-state index contributed by atoms with van der Waals surface area (Å²) in [7, 11) is 0. The molecule has 1 aromatic carbocycles. The number of hydrogen-bond donors (Lipinski definition) is 1. The minimum absolute atomic E-state index is 0.118. The lowest BCUT2D eigenvalue weighted by molar-refractivity contribution is -0.123. The van der Waals surface area contributed by atoms with Gasteiger partial charge in [-0.05, 0) is 46.2 Å². The van der Waals surface area contributed by atoms with E-state index in [1.165, 1.54) is 16.8 Å². The highest BCUT2D eigenvalue weighted by Crippen LogP contribution is 2.22. The number of carbonyl (C=O) groups is 1. The predicted octanol–water partition coefficient (Wildman–Crippen LogP) is 2.34. The van der Waals surface area contributed by atoms with Gasteiger partial charge in [0.05, 0.1) is 6.54 Å². The maximum absolute atomic E-state index is 12.0. The predicted molar refractivity (Wildman–Crippen MR) is 92.5 cm³/mol. The SMILES string of the molecule is Cc1ccc(N2CCN(CC(=O)NC(C)(C)C)CC2)c(C)c1. The monoisotopic (exact) mass is 303 g/mol. The van der Waals surface area contributed by atoms with E-state index in [0.717, 1.165) is 26.2 Å². The Morgan fingerprint density at radius 1 is 1.14 bits per heavy atom. The molecule has 0 bridgehead atoms. The molecule has 1 fully saturated rings. The largest absolute Gasteiger partial charge is 0.369 e. The van der Waals surface area contributed by atoms with Gasteiger partial charge in [-0.25, -0.2) is 0 Å². The number of amides is 1. The highest BCUT2D eigenvalue weighted by atomic mass is 16.2. The van der Waals surface area contributed by atoms with Crippen LogP contribution >= 0.6 is 0 Å². The first-order valence-electron chi connectivity index (χ1n) is 8.10. The third-order valence-corrected chi connectivity index (χ3v) is 3.95. The van der Waals surface area contributed by atoms with E-state index in [2.05, 4.69) is 47.2 Å². The Bertz CT molecular complexity index is 526. The summed E-state index contributed by atoms with van der Waals surface area (Å²) in [5.41, 5.74) is 3.81. The molecule has 1 aliphatic rings. The second-order valence-electron chi connectivity index (χ2n) is 7.35. The summed E-state index contributed by atoms with van der Waals surface area (Å²) in [6, 6.07) is 6.62. The van der Waals surface area contributed by atoms with E-state index in [9.17, 15) is 4.79 Å². The Morgan fingerprint density at radius 3 is 2.32 bits per heavy atom. The number of anilines is 1. The van der Waals surface area contributed by atoms with Crippen molar-refractivity contribution in [3.05, 3.63) is 29.3 Å². The molecule has 2 rings (SSSR count). The molecular weight excluding hydrogens is 274 g/mol. The zero-order chi connectivity index (χ0) is 16.3. The van der Waals surface area contributed by atoms with Crippen LogP contribution in [0.25, 0.3) is 0 Å². The molecule has 1 aromatic rings. The molecule has 0 aromatic heterocycles. The average Bonchev–Trinajstić information content (AvgIpc) is 2.38. The zero-order valence-corrected chi connectivity index (χ0v) is 14.6. The van der Waals surface area contributed by atoms with Gasteiger partial charge in [0.15, 0.2) is 0 Å². The van der Waals surface area contributed by atoms with E-state index >= 15 is 0 Å². The third-order valence-electron chi connectivity index (χ3n) is 3.95. The molecule has 1 amide bonds. The van der Waals surface area contributed by atoms with E-state index in [0.29, 0.717) is 6.54 Å². The van der Waals surface area contributed by atoms with Gasteiger partial charge >= 0.3 is 0 Å². The van der Waals surface area contributed by atoms with Crippen LogP contribution in [0.3, 0.4) is 0 Å². The Hall–Kier alpha value is -1.55. The number of nitrogens with zero attached hydrogens (tertiary/aromatic N) is 2. The molecule has 122 valence electrons. The molecule has 1 N–H and O–H groups in total. The van der Waals surface area contributed by atoms with Crippen molar-refractivity contribution in [2.45, 2.75) is 40.2 Å². The highest BCUT2D eigenvalue weighted by Gasteiger charge is 2.21. The Balaban J connectivity index is 1.86. The van der Waals surface area contributed by atoms with Crippen molar-refractivity contribution in [2.75, 3.05) is 37.6 Å². The molecule has 0 spiro atoms. The van der Waals surface area contributed by atoms with Crippen LogP contribution in [-0.2, 0) is 4.79 Å². The second-order valence-corrected chi connectivity index (χ2v) is 7.35. The van der Waals surface area contributed by atoms with Gasteiger partial charge in [0.25, 0.3) is 0 Å². The van der Waals surface area contributed by atoms with Crippen LogP contribution in [0.4, 0.5) is 5.69 Å². The lowest BCUT2D eigenvalue weighted by Crippen LogP contribution is -2.51. The molecule has 4 nitrogen and oxygen atoms in total. The van der Waals surface area contributed by atoms with Crippen molar-refractivity contribution in [2.24, 2.45) is 0 Å². The zero-order valence-electron chi connectivity index (χ0n) is 14.6. The fraction of sp³-hybridized carbons (Fsp3) is 0.611. The fourth-order valence-electron chi connectivity index (χ4n) is 2.97. The van der Waals surface area contributed by atoms with Crippen molar-refractivity contribution in [3.8, 4) is 0 Å². The van der Waals surface area contributed by atoms with Crippen LogP contribution in [0.5, 0.6) is 0 Å². The minimum Gasteiger partial charge on any atom is -0.369 e. The van der Waals surface area contributed by atoms with E-state index < -0.39 is 0 Å². The lowest BCUT2D eigenvalue weighted by atomic mass is 10.1. The van der Waals surface area contributed by atoms with Gasteiger partial charge in [-0.2, -0.15) is 0 Å². The molecular formula is C18H29N3O. The van der Waals surface area contributed by atoms with Gasteiger partial charge in [-0.1, -0.05) is 17.7 Å². The number of nitrogens with one attached hydrogen (secondary N) is 1. The van der Waals surface area contributed by atoms with Crippen molar-refractivity contribution in [1.29, 1.82) is 0 Å². The maximum atomic E-state index is 12.0. The average molecular weight is 303 g/mol. The van der Waals surface area contributed by atoms with E-state index in [1.807, 2.05) is 20.8 Å². The van der Waals surface area contributed by atoms with E-state index in [4.69, 9.17) is 0 Å². The summed E-state index contributed by atoms with van der Waals surface area (Å²) in [6.45, 7) is 14.7. The molecule has 0 aliphatic carbocycles. The molecule has 0 unspecified atom stereocenters. The van der Waals surface area contributed by atoms with Crippen molar-refractivity contribution in [3.63, 3.8) is 0 Å². The number of piperazine rings is 1. The normalized spacial score (nSPS) is 16.7. The van der Waals surface area contributed by atoms with Crippen LogP contribution in [-0.4, -0.2) is 49.1 Å². The van der Waals surface area contributed by atoms with Crippen LogP contribution in [0.1, 0.15) is 31.9 Å². The number of carbonyl (C=O) groups excluding carboxylic acids is 1. The van der Waals surface area contributed by atoms with Crippen LogP contribution in [0.15, 0.2) is 18.2 Å². The summed E-state index contributed by atoms with van der Waals surface area (Å²) in [4.78, 5) is 16.7. The third kappa shape index (κ3) is 4.73. The molecule has 1 saturated heterocycles. The van der Waals surface area contributed by atoms with Crippen LogP contribution in [0.2, 0.25) is 0 Å². The molecule has 0 radical (unpaired) electrons. The Kier molecular flexibility index (Phi) is 5.12. The summed E-state index contributed by atoms with van der Waals surface area (Å²) in [5, 5.41) is 3.03. The number of benzene rings is 1. The number of rotatable bonds is 3. The Morgan fingerprint density at radius 2 is 1.77 bits per heavy atom. The van der Waals surface area contributed by atoms with Gasteiger partial charge in [-0.3, -0.25) is 9.69 Å². The topological polar surface area (TPSA) is 35.6 Å². The summed E-state index contributed by atoms with van der Waals surface area (Å²) >= 11 is 0. The van der Waals surface area contributed by atoms with Crippen molar-refractivity contribution >= 4 is 11.6 Å². The smallest absolute Gasteiger partial charge is 0.234 e. The molecule has 1 heterocycles. The Labute approximate surface area is 134 Å². The molecule has 0 saturated carbocycles. The molecule has 1 aliphatic heterocycles. The van der Waals surface area contributed by atoms with Gasteiger partial charge in [0, 0.05) is 37.4 Å². The summed E-state index contributed by atoms with van der Waals surface area (Å²) < 4.78 is 0. The molecule has 22 heavy (non-hydrogen) atoms. The van der Waals surface area contributed by atoms with Crippen LogP contribution in [0, 0.1) is 13.8 Å². The van der Waals surface area contributed by atoms with E-state index in [1.54, 1.807) is 0 Å². The maximum Gasteiger partial charge on any atom is 0.234 e. The van der Waals surface area contributed by atoms with Gasteiger partial charge < -0.3 is 10.2 Å². The highest BCUT2D eigenvalue weighted by molar-refractivity contribution is 5.78. The van der Waals surface area contributed by atoms with Crippen molar-refractivity contribution < 1.29 is 4.79 Å². The van der Waals surface area contributed by atoms with Gasteiger partial charge in [-0.15, -0.1) is 0 Å². The van der Waals surface area contributed by atoms with E-state index in [-0.39, 0.29) is 11.4 Å². The minimum atomic E-state index is -0.155. The van der Waals surface area contributed by atoms with Gasteiger partial charge in [0.1, 0.15) is 0 Å². The second kappa shape index (κ2) is 6.69. The number of aryl methyl sites for hydroxylation is 2. The standard InChI is InChI=1S/C18H29N3O/c1-14-6-7-16(15(2)12-14)21-10-8-20(9-11-21)13-17(22)19-18(3,4)5/h6-7,12H,8-11,13H2,1-5H3,(H,19,22). The van der Waals surface area contributed by atoms with Crippen LogP contribution < -0.4 is 10.2 Å². The lowest BCUT2D eigenvalue weighted by Gasteiger charge is -2.37. The van der Waals surface area contributed by atoms with Crippen molar-refractivity contribution in [1.82, 2.24) is 10.2 Å². The van der Waals surface area contributed by atoms with Gasteiger partial charge in [0.2, 0.25) is 5.91 Å². The summed E-state index contributed by atoms with van der Waals surface area (Å²) in [5.74, 6) is 0.118. The first kappa shape index (κ1) is 16.8. The molecule has 0 atom stereocenters. The fourth-order valence-corrected chi connectivity index (χ4v) is 2.97. The first-order valence-corrected chi connectivity index (χ1v) is 8.10. The quantitative estimate of drug-likeness (QED) is 0.931. The molecule has 4 heteroatoms. The summed E-state index contributed by atoms with van der Waals surface area (Å²) in [6.07, 6.45) is 0. The number of hydrogen-bond acceptors (Lipinski definition) is 3. The first-order chi connectivity index (χ1) is 10.2.